The Balaban J connectivity index is 1.75. The van der Waals surface area contributed by atoms with Crippen molar-refractivity contribution in [2.45, 2.75) is 6.04 Å². The van der Waals surface area contributed by atoms with Crippen LogP contribution in [-0.4, -0.2) is 14.5 Å². The van der Waals surface area contributed by atoms with E-state index in [4.69, 9.17) is 4.98 Å². The van der Waals surface area contributed by atoms with Crippen molar-refractivity contribution in [3.8, 4) is 0 Å². The number of imidazole rings is 1. The molecule has 1 unspecified atom stereocenters. The molecule has 0 saturated heterocycles. The molecule has 4 aromatic rings. The van der Waals surface area contributed by atoms with E-state index in [1.54, 1.807) is 6.20 Å². The van der Waals surface area contributed by atoms with Gasteiger partial charge in [0.25, 0.3) is 0 Å². The van der Waals surface area contributed by atoms with Crippen molar-refractivity contribution in [2.75, 3.05) is 5.32 Å². The van der Waals surface area contributed by atoms with Gasteiger partial charge in [0.1, 0.15) is 0 Å². The van der Waals surface area contributed by atoms with E-state index >= 15 is 0 Å². The van der Waals surface area contributed by atoms with Gasteiger partial charge in [-0.3, -0.25) is 9.55 Å². The lowest BCUT2D eigenvalue weighted by molar-refractivity contribution is 0.892. The molecule has 5 rings (SSSR count). The number of anilines is 1. The molecule has 0 spiro atoms. The van der Waals surface area contributed by atoms with E-state index in [1.165, 1.54) is 5.56 Å². The molecule has 4 heteroatoms. The molecular weight excluding hydrogens is 308 g/mol. The Labute approximate surface area is 145 Å². The lowest BCUT2D eigenvalue weighted by Crippen LogP contribution is -2.19. The third kappa shape index (κ3) is 2.31. The summed E-state index contributed by atoms with van der Waals surface area (Å²) in [5, 5.41) is 3.54. The topological polar surface area (TPSA) is 42.7 Å². The highest BCUT2D eigenvalue weighted by Gasteiger charge is 2.24. The first-order chi connectivity index (χ1) is 12.4. The van der Waals surface area contributed by atoms with Gasteiger partial charge in [0, 0.05) is 12.4 Å². The van der Waals surface area contributed by atoms with Gasteiger partial charge >= 0.3 is 0 Å². The predicted molar refractivity (Wildman–Crippen MR) is 100 cm³/mol. The highest BCUT2D eigenvalue weighted by molar-refractivity contribution is 5.87. The third-order valence-electron chi connectivity index (χ3n) is 4.52. The zero-order valence-electron chi connectivity index (χ0n) is 13.5. The van der Waals surface area contributed by atoms with Crippen LogP contribution in [0.3, 0.4) is 0 Å². The Morgan fingerprint density at radius 3 is 2.56 bits per heavy atom. The zero-order valence-corrected chi connectivity index (χ0v) is 13.5. The minimum absolute atomic E-state index is 0.0354. The van der Waals surface area contributed by atoms with Crippen LogP contribution in [0.2, 0.25) is 0 Å². The molecule has 0 aliphatic carbocycles. The SMILES string of the molecule is C1=C(c2ccccc2)n2c(nc3ccccc32)NC1c1cccnc1. The second kappa shape index (κ2) is 5.60. The van der Waals surface area contributed by atoms with Gasteiger partial charge < -0.3 is 5.32 Å². The van der Waals surface area contributed by atoms with Crippen molar-refractivity contribution in [3.63, 3.8) is 0 Å². The van der Waals surface area contributed by atoms with Gasteiger partial charge in [0.05, 0.1) is 22.8 Å². The molecule has 120 valence electrons. The number of para-hydroxylation sites is 2. The molecule has 2 aromatic heterocycles. The molecule has 1 aliphatic heterocycles. The molecule has 0 radical (unpaired) electrons. The minimum atomic E-state index is 0.0354. The molecule has 25 heavy (non-hydrogen) atoms. The van der Waals surface area contributed by atoms with E-state index in [0.29, 0.717) is 0 Å². The van der Waals surface area contributed by atoms with Gasteiger partial charge in [-0.1, -0.05) is 48.5 Å². The monoisotopic (exact) mass is 324 g/mol. The standard InChI is InChI=1S/C21H16N4/c1-2-7-15(8-3-1)20-13-18(16-9-6-12-22-14-16)24-21-23-17-10-4-5-11-19(17)25(20)21/h1-14,18H,(H,23,24). The number of nitrogens with zero attached hydrogens (tertiary/aromatic N) is 3. The summed E-state index contributed by atoms with van der Waals surface area (Å²) in [7, 11) is 0. The van der Waals surface area contributed by atoms with Gasteiger partial charge in [-0.25, -0.2) is 4.98 Å². The van der Waals surface area contributed by atoms with Crippen LogP contribution in [0, 0.1) is 0 Å². The Bertz CT molecular complexity index is 1060. The number of aromatic nitrogens is 3. The fraction of sp³-hybridized carbons (Fsp3) is 0.0476. The molecule has 0 amide bonds. The van der Waals surface area contributed by atoms with Gasteiger partial charge in [-0.2, -0.15) is 0 Å². The average Bonchev–Trinajstić information content (AvgIpc) is 3.07. The molecular formula is C21H16N4. The number of hydrogen-bond donors (Lipinski definition) is 1. The molecule has 2 aromatic carbocycles. The van der Waals surface area contributed by atoms with Crippen LogP contribution < -0.4 is 5.32 Å². The van der Waals surface area contributed by atoms with Crippen LogP contribution >= 0.6 is 0 Å². The van der Waals surface area contributed by atoms with Crippen molar-refractivity contribution >= 4 is 22.7 Å². The van der Waals surface area contributed by atoms with Gasteiger partial charge in [0.2, 0.25) is 5.95 Å². The molecule has 3 heterocycles. The first kappa shape index (κ1) is 14.0. The van der Waals surface area contributed by atoms with Crippen LogP contribution in [0.15, 0.2) is 85.2 Å². The Kier molecular flexibility index (Phi) is 3.13. The van der Waals surface area contributed by atoms with Crippen molar-refractivity contribution in [1.29, 1.82) is 0 Å². The number of rotatable bonds is 2. The summed E-state index contributed by atoms with van der Waals surface area (Å²) in [4.78, 5) is 9.06. The van der Waals surface area contributed by atoms with Crippen molar-refractivity contribution in [3.05, 3.63) is 96.3 Å². The lowest BCUT2D eigenvalue weighted by atomic mass is 10.0. The molecule has 1 N–H and O–H groups in total. The summed E-state index contributed by atoms with van der Waals surface area (Å²) in [5.41, 5.74) is 5.51. The molecule has 0 saturated carbocycles. The normalized spacial score (nSPS) is 16.2. The van der Waals surface area contributed by atoms with Crippen LogP contribution in [0.4, 0.5) is 5.95 Å². The van der Waals surface area contributed by atoms with Crippen molar-refractivity contribution in [1.82, 2.24) is 14.5 Å². The minimum Gasteiger partial charge on any atom is -0.345 e. The van der Waals surface area contributed by atoms with E-state index in [-0.39, 0.29) is 6.04 Å². The van der Waals surface area contributed by atoms with Crippen molar-refractivity contribution in [2.24, 2.45) is 0 Å². The van der Waals surface area contributed by atoms with E-state index in [0.717, 1.165) is 28.2 Å². The smallest absolute Gasteiger partial charge is 0.209 e. The van der Waals surface area contributed by atoms with E-state index < -0.39 is 0 Å². The molecule has 0 fully saturated rings. The van der Waals surface area contributed by atoms with Crippen molar-refractivity contribution < 1.29 is 0 Å². The maximum Gasteiger partial charge on any atom is 0.209 e. The fourth-order valence-corrected chi connectivity index (χ4v) is 3.35. The van der Waals surface area contributed by atoms with E-state index in [1.807, 2.05) is 36.5 Å². The highest BCUT2D eigenvalue weighted by Crippen LogP contribution is 2.36. The molecule has 1 aliphatic rings. The highest BCUT2D eigenvalue weighted by atomic mass is 15.2. The summed E-state index contributed by atoms with van der Waals surface area (Å²) < 4.78 is 2.19. The largest absolute Gasteiger partial charge is 0.345 e. The van der Waals surface area contributed by atoms with Gasteiger partial charge in [0.15, 0.2) is 0 Å². The maximum atomic E-state index is 4.80. The molecule has 0 bridgehead atoms. The second-order valence-electron chi connectivity index (χ2n) is 6.09. The van der Waals surface area contributed by atoms with E-state index in [9.17, 15) is 0 Å². The number of fused-ring (bicyclic) bond motifs is 3. The van der Waals surface area contributed by atoms with Gasteiger partial charge in [-0.05, 0) is 35.4 Å². The number of benzene rings is 2. The summed E-state index contributed by atoms with van der Waals surface area (Å²) in [6, 6.07) is 22.7. The number of hydrogen-bond acceptors (Lipinski definition) is 3. The summed E-state index contributed by atoms with van der Waals surface area (Å²) in [5.74, 6) is 0.858. The number of nitrogens with one attached hydrogen (secondary N) is 1. The number of pyridine rings is 1. The van der Waals surface area contributed by atoms with Crippen LogP contribution in [0.25, 0.3) is 16.7 Å². The van der Waals surface area contributed by atoms with Crippen LogP contribution in [0.5, 0.6) is 0 Å². The second-order valence-corrected chi connectivity index (χ2v) is 6.09. The summed E-state index contributed by atoms with van der Waals surface area (Å²) >= 11 is 0. The van der Waals surface area contributed by atoms with Crippen LogP contribution in [0.1, 0.15) is 17.2 Å². The lowest BCUT2D eigenvalue weighted by Gasteiger charge is -2.25. The summed E-state index contributed by atoms with van der Waals surface area (Å²) in [6.07, 6.45) is 5.94. The average molecular weight is 324 g/mol. The fourth-order valence-electron chi connectivity index (χ4n) is 3.35. The Hall–Kier alpha value is -3.40. The summed E-state index contributed by atoms with van der Waals surface area (Å²) in [6.45, 7) is 0. The van der Waals surface area contributed by atoms with Crippen LogP contribution in [-0.2, 0) is 0 Å². The molecule has 1 atom stereocenters. The molecule has 4 nitrogen and oxygen atoms in total. The third-order valence-corrected chi connectivity index (χ3v) is 4.52. The van der Waals surface area contributed by atoms with Gasteiger partial charge in [-0.15, -0.1) is 0 Å². The zero-order chi connectivity index (χ0) is 16.6. The maximum absolute atomic E-state index is 4.80. The Morgan fingerprint density at radius 2 is 1.72 bits per heavy atom. The predicted octanol–water partition coefficient (Wildman–Crippen LogP) is 4.49. The first-order valence-electron chi connectivity index (χ1n) is 8.32. The van der Waals surface area contributed by atoms with E-state index in [2.05, 4.69) is 57.3 Å². The quantitative estimate of drug-likeness (QED) is 0.591. The first-order valence-corrected chi connectivity index (χ1v) is 8.32. The Morgan fingerprint density at radius 1 is 0.880 bits per heavy atom.